The van der Waals surface area contributed by atoms with Gasteiger partial charge in [-0.05, 0) is 32.4 Å². The van der Waals surface area contributed by atoms with Crippen LogP contribution in [0.3, 0.4) is 0 Å². The fraction of sp³-hybridized carbons (Fsp3) is 0.500. The van der Waals surface area contributed by atoms with Gasteiger partial charge in [0.05, 0.1) is 4.92 Å². The van der Waals surface area contributed by atoms with Gasteiger partial charge in [0.1, 0.15) is 5.69 Å². The SMILES string of the molecule is CC1NCCCC1Nc1ccccc1[N+](=O)[O-]. The average molecular weight is 235 g/mol. The summed E-state index contributed by atoms with van der Waals surface area (Å²) >= 11 is 0. The third-order valence-corrected chi connectivity index (χ3v) is 3.20. The Kier molecular flexibility index (Phi) is 3.58. The molecule has 0 aromatic heterocycles. The zero-order valence-electron chi connectivity index (χ0n) is 9.85. The zero-order valence-corrected chi connectivity index (χ0v) is 9.85. The summed E-state index contributed by atoms with van der Waals surface area (Å²) in [6.07, 6.45) is 2.14. The number of nitro benzene ring substituents is 1. The van der Waals surface area contributed by atoms with Gasteiger partial charge in [0, 0.05) is 18.2 Å². The molecule has 1 aromatic carbocycles. The first-order valence-electron chi connectivity index (χ1n) is 5.92. The van der Waals surface area contributed by atoms with Crippen molar-refractivity contribution in [3.63, 3.8) is 0 Å². The van der Waals surface area contributed by atoms with Crippen molar-refractivity contribution in [2.75, 3.05) is 11.9 Å². The van der Waals surface area contributed by atoms with Crippen LogP contribution in [0.25, 0.3) is 0 Å². The Labute approximate surface area is 100 Å². The summed E-state index contributed by atoms with van der Waals surface area (Å²) in [4.78, 5) is 10.6. The lowest BCUT2D eigenvalue weighted by Crippen LogP contribution is -2.46. The molecule has 0 saturated carbocycles. The Morgan fingerprint density at radius 3 is 2.94 bits per heavy atom. The fourth-order valence-electron chi connectivity index (χ4n) is 2.20. The van der Waals surface area contributed by atoms with E-state index in [2.05, 4.69) is 17.6 Å². The van der Waals surface area contributed by atoms with Gasteiger partial charge in [-0.25, -0.2) is 0 Å². The van der Waals surface area contributed by atoms with E-state index in [0.29, 0.717) is 11.7 Å². The van der Waals surface area contributed by atoms with Crippen molar-refractivity contribution in [1.82, 2.24) is 5.32 Å². The molecule has 2 N–H and O–H groups in total. The zero-order chi connectivity index (χ0) is 12.3. The highest BCUT2D eigenvalue weighted by atomic mass is 16.6. The molecule has 1 heterocycles. The Hall–Kier alpha value is -1.62. The average Bonchev–Trinajstić information content (AvgIpc) is 2.32. The third kappa shape index (κ3) is 2.74. The second kappa shape index (κ2) is 5.14. The number of nitrogens with one attached hydrogen (secondary N) is 2. The number of anilines is 1. The quantitative estimate of drug-likeness (QED) is 0.622. The van der Waals surface area contributed by atoms with Gasteiger partial charge < -0.3 is 10.6 Å². The van der Waals surface area contributed by atoms with Gasteiger partial charge in [-0.1, -0.05) is 12.1 Å². The highest BCUT2D eigenvalue weighted by molar-refractivity contribution is 5.61. The van der Waals surface area contributed by atoms with E-state index in [0.717, 1.165) is 19.4 Å². The summed E-state index contributed by atoms with van der Waals surface area (Å²) in [5.74, 6) is 0. The first kappa shape index (κ1) is 11.9. The molecule has 92 valence electrons. The normalized spacial score (nSPS) is 24.3. The van der Waals surface area contributed by atoms with Gasteiger partial charge in [0.25, 0.3) is 5.69 Å². The Bertz CT molecular complexity index is 408. The predicted octanol–water partition coefficient (Wildman–Crippen LogP) is 2.15. The molecule has 0 aliphatic carbocycles. The number of para-hydroxylation sites is 2. The van der Waals surface area contributed by atoms with Crippen LogP contribution in [0.1, 0.15) is 19.8 Å². The first-order chi connectivity index (χ1) is 8.18. The molecule has 2 rings (SSSR count). The lowest BCUT2D eigenvalue weighted by atomic mass is 9.99. The lowest BCUT2D eigenvalue weighted by Gasteiger charge is -2.31. The van der Waals surface area contributed by atoms with Crippen LogP contribution in [0.4, 0.5) is 11.4 Å². The van der Waals surface area contributed by atoms with Crippen molar-refractivity contribution in [3.8, 4) is 0 Å². The van der Waals surface area contributed by atoms with E-state index in [4.69, 9.17) is 0 Å². The summed E-state index contributed by atoms with van der Waals surface area (Å²) in [5, 5.41) is 17.5. The van der Waals surface area contributed by atoms with E-state index in [1.165, 1.54) is 6.07 Å². The molecule has 1 aliphatic rings. The van der Waals surface area contributed by atoms with Crippen molar-refractivity contribution in [2.45, 2.75) is 31.8 Å². The number of nitrogens with zero attached hydrogens (tertiary/aromatic N) is 1. The van der Waals surface area contributed by atoms with Gasteiger partial charge >= 0.3 is 0 Å². The third-order valence-electron chi connectivity index (χ3n) is 3.20. The molecule has 0 radical (unpaired) electrons. The van der Waals surface area contributed by atoms with Crippen LogP contribution in [-0.4, -0.2) is 23.6 Å². The van der Waals surface area contributed by atoms with Crippen LogP contribution in [0.5, 0.6) is 0 Å². The van der Waals surface area contributed by atoms with Crippen LogP contribution in [0, 0.1) is 10.1 Å². The van der Waals surface area contributed by atoms with Crippen molar-refractivity contribution < 1.29 is 4.92 Å². The molecule has 0 spiro atoms. The molecule has 5 nitrogen and oxygen atoms in total. The fourth-order valence-corrected chi connectivity index (χ4v) is 2.20. The summed E-state index contributed by atoms with van der Waals surface area (Å²) in [6.45, 7) is 3.13. The van der Waals surface area contributed by atoms with Gasteiger partial charge in [-0.2, -0.15) is 0 Å². The molecule has 1 aliphatic heterocycles. The maximum Gasteiger partial charge on any atom is 0.292 e. The van der Waals surface area contributed by atoms with Gasteiger partial charge in [0.15, 0.2) is 0 Å². The van der Waals surface area contributed by atoms with Crippen LogP contribution >= 0.6 is 0 Å². The molecule has 0 bridgehead atoms. The molecule has 2 unspecified atom stereocenters. The Balaban J connectivity index is 2.14. The van der Waals surface area contributed by atoms with Gasteiger partial charge in [0.2, 0.25) is 0 Å². The molecule has 1 fully saturated rings. The number of benzene rings is 1. The molecule has 1 saturated heterocycles. The minimum atomic E-state index is -0.344. The van der Waals surface area contributed by atoms with Crippen LogP contribution in [0.2, 0.25) is 0 Å². The van der Waals surface area contributed by atoms with E-state index in [-0.39, 0.29) is 16.7 Å². The van der Waals surface area contributed by atoms with E-state index in [1.54, 1.807) is 12.1 Å². The number of nitro groups is 1. The highest BCUT2D eigenvalue weighted by Gasteiger charge is 2.23. The van der Waals surface area contributed by atoms with E-state index >= 15 is 0 Å². The number of rotatable bonds is 3. The largest absolute Gasteiger partial charge is 0.375 e. The molecular formula is C12H17N3O2. The van der Waals surface area contributed by atoms with Gasteiger partial charge in [-0.3, -0.25) is 10.1 Å². The van der Waals surface area contributed by atoms with E-state index in [1.807, 2.05) is 6.07 Å². The van der Waals surface area contributed by atoms with Crippen molar-refractivity contribution in [1.29, 1.82) is 0 Å². The lowest BCUT2D eigenvalue weighted by molar-refractivity contribution is -0.384. The topological polar surface area (TPSA) is 67.2 Å². The predicted molar refractivity (Wildman–Crippen MR) is 67.2 cm³/mol. The molecule has 2 atom stereocenters. The van der Waals surface area contributed by atoms with Crippen molar-refractivity contribution >= 4 is 11.4 Å². The summed E-state index contributed by atoms with van der Waals surface area (Å²) < 4.78 is 0. The molecule has 1 aromatic rings. The van der Waals surface area contributed by atoms with E-state index in [9.17, 15) is 10.1 Å². The molecule has 17 heavy (non-hydrogen) atoms. The van der Waals surface area contributed by atoms with E-state index < -0.39 is 0 Å². The Morgan fingerprint density at radius 2 is 2.24 bits per heavy atom. The number of piperidine rings is 1. The maximum absolute atomic E-state index is 10.9. The Morgan fingerprint density at radius 1 is 1.47 bits per heavy atom. The van der Waals surface area contributed by atoms with Crippen molar-refractivity contribution in [3.05, 3.63) is 34.4 Å². The number of hydrogen-bond acceptors (Lipinski definition) is 4. The maximum atomic E-state index is 10.9. The van der Waals surface area contributed by atoms with Gasteiger partial charge in [-0.15, -0.1) is 0 Å². The standard InChI is InChI=1S/C12H17N3O2/c1-9-10(6-4-8-13-9)14-11-5-2-3-7-12(11)15(16)17/h2-3,5,7,9-10,13-14H,4,6,8H2,1H3. The molecule has 5 heteroatoms. The highest BCUT2D eigenvalue weighted by Crippen LogP contribution is 2.25. The van der Waals surface area contributed by atoms with Crippen LogP contribution < -0.4 is 10.6 Å². The summed E-state index contributed by atoms with van der Waals surface area (Å²) in [6, 6.07) is 7.39. The smallest absolute Gasteiger partial charge is 0.292 e. The van der Waals surface area contributed by atoms with Crippen LogP contribution in [-0.2, 0) is 0 Å². The minimum Gasteiger partial charge on any atom is -0.375 e. The first-order valence-corrected chi connectivity index (χ1v) is 5.92. The second-order valence-electron chi connectivity index (χ2n) is 4.41. The summed E-state index contributed by atoms with van der Waals surface area (Å²) in [7, 11) is 0. The molecular weight excluding hydrogens is 218 g/mol. The second-order valence-corrected chi connectivity index (χ2v) is 4.41. The van der Waals surface area contributed by atoms with Crippen LogP contribution in [0.15, 0.2) is 24.3 Å². The number of hydrogen-bond donors (Lipinski definition) is 2. The molecule has 0 amide bonds. The minimum absolute atomic E-state index is 0.144. The monoisotopic (exact) mass is 235 g/mol. The summed E-state index contributed by atoms with van der Waals surface area (Å²) in [5.41, 5.74) is 0.753. The van der Waals surface area contributed by atoms with Crippen molar-refractivity contribution in [2.24, 2.45) is 0 Å².